The summed E-state index contributed by atoms with van der Waals surface area (Å²) in [5, 5.41) is 13.1. The number of morpholine rings is 1. The van der Waals surface area contributed by atoms with E-state index in [9.17, 15) is 14.7 Å². The van der Waals surface area contributed by atoms with Gasteiger partial charge in [-0.25, -0.2) is 0 Å². The van der Waals surface area contributed by atoms with E-state index in [0.717, 1.165) is 29.9 Å². The Kier molecular flexibility index (Phi) is 7.26. The van der Waals surface area contributed by atoms with E-state index in [4.69, 9.17) is 16.3 Å². The smallest absolute Gasteiger partial charge is 0.259 e. The van der Waals surface area contributed by atoms with Crippen LogP contribution in [0.5, 0.6) is 5.75 Å². The number of hydrogen-bond acceptors (Lipinski definition) is 5. The van der Waals surface area contributed by atoms with Gasteiger partial charge in [-0.05, 0) is 59.2 Å². The molecule has 2 heterocycles. The van der Waals surface area contributed by atoms with Gasteiger partial charge in [-0.15, -0.1) is 0 Å². The first-order chi connectivity index (χ1) is 19.5. The van der Waals surface area contributed by atoms with E-state index in [1.807, 2.05) is 36.4 Å². The highest BCUT2D eigenvalue weighted by Crippen LogP contribution is 2.32. The number of ether oxygens (including phenoxy) is 1. The maximum atomic E-state index is 13.9. The minimum Gasteiger partial charge on any atom is -0.508 e. The Morgan fingerprint density at radius 3 is 2.60 bits per heavy atom. The molecule has 6 rings (SSSR count). The maximum absolute atomic E-state index is 13.9. The Bertz CT molecular complexity index is 1590. The molecule has 40 heavy (non-hydrogen) atoms. The van der Waals surface area contributed by atoms with Gasteiger partial charge in [-0.3, -0.25) is 14.5 Å². The van der Waals surface area contributed by atoms with Gasteiger partial charge in [0, 0.05) is 36.6 Å². The van der Waals surface area contributed by atoms with Crippen molar-refractivity contribution in [3.05, 3.63) is 113 Å². The fraction of sp³-hybridized carbons (Fsp3) is 0.188. The Morgan fingerprint density at radius 1 is 0.925 bits per heavy atom. The van der Waals surface area contributed by atoms with E-state index < -0.39 is 0 Å². The molecule has 0 aromatic heterocycles. The van der Waals surface area contributed by atoms with Gasteiger partial charge in [-0.1, -0.05) is 60.1 Å². The highest BCUT2D eigenvalue weighted by atomic mass is 35.5. The number of amides is 2. The molecule has 0 unspecified atom stereocenters. The van der Waals surface area contributed by atoms with Crippen LogP contribution < -0.4 is 10.2 Å². The largest absolute Gasteiger partial charge is 0.508 e. The van der Waals surface area contributed by atoms with Gasteiger partial charge < -0.3 is 20.1 Å². The van der Waals surface area contributed by atoms with Crippen molar-refractivity contribution in [3.63, 3.8) is 0 Å². The molecular weight excluding hydrogens is 526 g/mol. The average Bonchev–Trinajstić information content (AvgIpc) is 3.14. The Morgan fingerprint density at radius 2 is 1.75 bits per heavy atom. The van der Waals surface area contributed by atoms with Crippen LogP contribution in [-0.2, 0) is 11.3 Å². The van der Waals surface area contributed by atoms with Crippen molar-refractivity contribution >= 4 is 34.8 Å². The second kappa shape index (κ2) is 11.1. The van der Waals surface area contributed by atoms with Gasteiger partial charge in [-0.2, -0.15) is 0 Å². The molecule has 202 valence electrons. The molecule has 0 radical (unpaired) electrons. The number of fused-ring (bicyclic) bond motifs is 2. The number of phenolic OH excluding ortho intramolecular Hbond substituents is 1. The molecule has 2 N–H and O–H groups in total. The maximum Gasteiger partial charge on any atom is 0.259 e. The van der Waals surface area contributed by atoms with Crippen LogP contribution in [0.25, 0.3) is 11.1 Å². The van der Waals surface area contributed by atoms with E-state index >= 15 is 0 Å². The third-order valence-corrected chi connectivity index (χ3v) is 7.74. The van der Waals surface area contributed by atoms with Crippen LogP contribution in [0.2, 0.25) is 5.02 Å². The second-order valence-corrected chi connectivity index (χ2v) is 10.4. The van der Waals surface area contributed by atoms with Crippen LogP contribution in [0.3, 0.4) is 0 Å². The fourth-order valence-corrected chi connectivity index (χ4v) is 5.67. The molecular formula is C32H28ClN3O4. The summed E-state index contributed by atoms with van der Waals surface area (Å²) in [4.78, 5) is 31.3. The van der Waals surface area contributed by atoms with Gasteiger partial charge >= 0.3 is 0 Å². The zero-order valence-corrected chi connectivity index (χ0v) is 22.5. The third kappa shape index (κ3) is 5.19. The summed E-state index contributed by atoms with van der Waals surface area (Å²) in [6.07, 6.45) is 0. The summed E-state index contributed by atoms with van der Waals surface area (Å²) >= 11 is 6.66. The number of para-hydroxylation sites is 1. The van der Waals surface area contributed by atoms with Crippen LogP contribution in [0.4, 0.5) is 11.4 Å². The number of nitrogens with zero attached hydrogens (tertiary/aromatic N) is 2. The zero-order chi connectivity index (χ0) is 27.6. The number of hydrogen-bond donors (Lipinski definition) is 2. The number of aromatic hydroxyl groups is 1. The number of anilines is 2. The molecule has 0 bridgehead atoms. The number of nitrogens with one attached hydrogen (secondary N) is 1. The van der Waals surface area contributed by atoms with Crippen molar-refractivity contribution in [2.24, 2.45) is 0 Å². The number of benzene rings is 4. The van der Waals surface area contributed by atoms with Crippen molar-refractivity contribution < 1.29 is 19.4 Å². The molecule has 7 nitrogen and oxygen atoms in total. The Labute approximate surface area is 237 Å². The van der Waals surface area contributed by atoms with E-state index in [1.54, 1.807) is 53.4 Å². The van der Waals surface area contributed by atoms with E-state index in [-0.39, 0.29) is 28.6 Å². The number of phenols is 1. The molecule has 2 amide bonds. The predicted molar refractivity (Wildman–Crippen MR) is 156 cm³/mol. The molecule has 1 atom stereocenters. The first-order valence-electron chi connectivity index (χ1n) is 13.2. The minimum atomic E-state index is -0.326. The minimum absolute atomic E-state index is 0.0917. The molecule has 0 aliphatic carbocycles. The number of rotatable bonds is 4. The monoisotopic (exact) mass is 553 g/mol. The topological polar surface area (TPSA) is 82.1 Å². The van der Waals surface area contributed by atoms with Gasteiger partial charge in [0.25, 0.3) is 11.8 Å². The lowest BCUT2D eigenvalue weighted by atomic mass is 9.99. The molecule has 0 spiro atoms. The zero-order valence-electron chi connectivity index (χ0n) is 21.7. The molecule has 1 fully saturated rings. The van der Waals surface area contributed by atoms with Crippen molar-refractivity contribution in [1.82, 2.24) is 4.90 Å². The number of carbonyl (C=O) groups is 2. The highest BCUT2D eigenvalue weighted by molar-refractivity contribution is 6.35. The molecule has 2 aliphatic rings. The molecule has 2 aliphatic heterocycles. The number of halogens is 1. The Balaban J connectivity index is 1.25. The lowest BCUT2D eigenvalue weighted by molar-refractivity contribution is -0.00653. The summed E-state index contributed by atoms with van der Waals surface area (Å²) in [6, 6.07) is 26.9. The molecule has 8 heteroatoms. The van der Waals surface area contributed by atoms with Crippen molar-refractivity contribution in [2.75, 3.05) is 36.5 Å². The van der Waals surface area contributed by atoms with Crippen LogP contribution in [0, 0.1) is 0 Å². The Hall–Kier alpha value is -4.17. The normalized spacial score (nSPS) is 16.9. The lowest BCUT2D eigenvalue weighted by Crippen LogP contribution is -2.50. The van der Waals surface area contributed by atoms with Crippen molar-refractivity contribution in [3.8, 4) is 16.9 Å². The van der Waals surface area contributed by atoms with Crippen LogP contribution in [0.1, 0.15) is 26.3 Å². The van der Waals surface area contributed by atoms with Gasteiger partial charge in [0.05, 0.1) is 29.8 Å². The molecule has 4 aromatic rings. The van der Waals surface area contributed by atoms with E-state index in [2.05, 4.69) is 16.3 Å². The number of carbonyl (C=O) groups excluding carboxylic acids is 2. The lowest BCUT2D eigenvalue weighted by Gasteiger charge is -2.35. The summed E-state index contributed by atoms with van der Waals surface area (Å²) in [6.45, 7) is 3.34. The van der Waals surface area contributed by atoms with Gasteiger partial charge in [0.15, 0.2) is 0 Å². The summed E-state index contributed by atoms with van der Waals surface area (Å²) in [5.74, 6) is -0.402. The fourth-order valence-electron chi connectivity index (χ4n) is 5.41. The summed E-state index contributed by atoms with van der Waals surface area (Å²) in [7, 11) is 0. The predicted octanol–water partition coefficient (Wildman–Crippen LogP) is 5.83. The molecule has 4 aromatic carbocycles. The first kappa shape index (κ1) is 26.1. The van der Waals surface area contributed by atoms with E-state index in [0.29, 0.717) is 42.1 Å². The summed E-state index contributed by atoms with van der Waals surface area (Å²) in [5.41, 5.74) is 4.66. The van der Waals surface area contributed by atoms with Crippen molar-refractivity contribution in [2.45, 2.75) is 12.6 Å². The molecule has 0 saturated carbocycles. The summed E-state index contributed by atoms with van der Waals surface area (Å²) < 4.78 is 5.72. The average molecular weight is 554 g/mol. The van der Waals surface area contributed by atoms with Crippen LogP contribution in [-0.4, -0.2) is 54.2 Å². The van der Waals surface area contributed by atoms with Gasteiger partial charge in [0.2, 0.25) is 0 Å². The molecule has 1 saturated heterocycles. The van der Waals surface area contributed by atoms with Crippen molar-refractivity contribution in [1.29, 1.82) is 0 Å². The first-order valence-corrected chi connectivity index (χ1v) is 13.6. The highest BCUT2D eigenvalue weighted by Gasteiger charge is 2.33. The second-order valence-electron chi connectivity index (χ2n) is 9.99. The van der Waals surface area contributed by atoms with Crippen LogP contribution in [0.15, 0.2) is 91.0 Å². The quantitative estimate of drug-likeness (QED) is 0.332. The standard InChI is InChI=1S/C32H28ClN3O4/c33-29-17-23(34-31(38)27-10-3-2-9-26(27)21-7-5-8-25(37)16-21)12-13-28(29)32(39)36-19-24-20-40-15-14-35(24)18-22-6-1-4-11-30(22)36/h1-13,16-17,24,37H,14-15,18-20H2,(H,34,38)/t24-/m0/s1. The SMILES string of the molecule is O=C(Nc1ccc(C(=O)N2C[C@H]3COCCN3Cc3ccccc32)c(Cl)c1)c1ccccc1-c1cccc(O)c1. The van der Waals surface area contributed by atoms with Crippen LogP contribution >= 0.6 is 11.6 Å². The van der Waals surface area contributed by atoms with E-state index in [1.165, 1.54) is 0 Å². The third-order valence-electron chi connectivity index (χ3n) is 7.43. The van der Waals surface area contributed by atoms with Gasteiger partial charge in [0.1, 0.15) is 5.75 Å².